The first-order valence-corrected chi connectivity index (χ1v) is 21.2. The molecule has 12 heteroatoms. The average Bonchev–Trinajstić information content (AvgIpc) is 3.17. The summed E-state index contributed by atoms with van der Waals surface area (Å²) in [5.41, 5.74) is 13.9. The molecule has 3 aromatic rings. The lowest BCUT2D eigenvalue weighted by Gasteiger charge is -2.46. The van der Waals surface area contributed by atoms with Crippen molar-refractivity contribution in [1.82, 2.24) is 0 Å². The maximum absolute atomic E-state index is 11.7. The molecule has 0 aliphatic carbocycles. The number of hydrogen-bond acceptors (Lipinski definition) is 9. The molecule has 2 heterocycles. The van der Waals surface area contributed by atoms with Gasteiger partial charge >= 0.3 is 0 Å². The zero-order valence-electron chi connectivity index (χ0n) is 32.3. The third-order valence-electron chi connectivity index (χ3n) is 10.5. The first-order chi connectivity index (χ1) is 26.1. The lowest BCUT2D eigenvalue weighted by Crippen LogP contribution is -2.61. The van der Waals surface area contributed by atoms with Crippen molar-refractivity contribution in [3.63, 3.8) is 0 Å². The Kier molecular flexibility index (Phi) is 15.7. The molecule has 2 aliphatic heterocycles. The predicted molar refractivity (Wildman–Crippen MR) is 210 cm³/mol. The van der Waals surface area contributed by atoms with Crippen molar-refractivity contribution < 1.29 is 38.0 Å². The van der Waals surface area contributed by atoms with E-state index in [0.717, 1.165) is 16.7 Å². The molecule has 8 atom stereocenters. The largest absolute Gasteiger partial charge is 0.493 e. The molecule has 0 saturated carbocycles. The molecule has 11 nitrogen and oxygen atoms in total. The van der Waals surface area contributed by atoms with E-state index < -0.39 is 57.3 Å². The van der Waals surface area contributed by atoms with Crippen LogP contribution in [-0.2, 0) is 52.7 Å². The van der Waals surface area contributed by atoms with E-state index in [-0.39, 0.29) is 26.4 Å². The quantitative estimate of drug-likeness (QED) is 0.0556. The van der Waals surface area contributed by atoms with Gasteiger partial charge in [-0.2, -0.15) is 0 Å². The van der Waals surface area contributed by atoms with Crippen molar-refractivity contribution in [2.45, 2.75) is 127 Å². The minimum atomic E-state index is -2.24. The molecule has 0 unspecified atom stereocenters. The zero-order chi connectivity index (χ0) is 38.5. The van der Waals surface area contributed by atoms with Crippen molar-refractivity contribution in [3.8, 4) is 0 Å². The second-order valence-corrected chi connectivity index (χ2v) is 20.4. The number of rotatable bonds is 19. The predicted octanol–water partition coefficient (Wildman–Crippen LogP) is 8.63. The van der Waals surface area contributed by atoms with E-state index in [1.807, 2.05) is 91.0 Å². The second kappa shape index (κ2) is 20.4. The molecular formula is C42H57N3O8Si. The lowest BCUT2D eigenvalue weighted by atomic mass is 9.96. The average molecular weight is 760 g/mol. The van der Waals surface area contributed by atoms with Crippen LogP contribution in [0.3, 0.4) is 0 Å². The van der Waals surface area contributed by atoms with E-state index in [1.165, 1.54) is 6.26 Å². The minimum absolute atomic E-state index is 0.136. The van der Waals surface area contributed by atoms with Crippen LogP contribution in [0.5, 0.6) is 0 Å². The summed E-state index contributed by atoms with van der Waals surface area (Å²) in [6.45, 7) is 14.5. The molecule has 0 aromatic heterocycles. The van der Waals surface area contributed by atoms with Crippen LogP contribution in [0, 0.1) is 0 Å². The minimum Gasteiger partial charge on any atom is -0.493 e. The third-order valence-corrected chi connectivity index (χ3v) is 16.6. The molecule has 2 aliphatic rings. The van der Waals surface area contributed by atoms with Crippen LogP contribution in [0.1, 0.15) is 58.2 Å². The summed E-state index contributed by atoms with van der Waals surface area (Å²) in [5, 5.41) is 15.9. The van der Waals surface area contributed by atoms with Crippen molar-refractivity contribution in [1.29, 1.82) is 0 Å². The zero-order valence-corrected chi connectivity index (χ0v) is 33.3. The summed E-state index contributed by atoms with van der Waals surface area (Å²) in [6, 6.07) is 28.5. The van der Waals surface area contributed by atoms with E-state index in [4.69, 9.17) is 32.8 Å². The first-order valence-electron chi connectivity index (χ1n) is 19.1. The number of nitrogens with zero attached hydrogens (tertiary/aromatic N) is 3. The maximum atomic E-state index is 11.7. The lowest BCUT2D eigenvalue weighted by molar-refractivity contribution is -0.300. The fourth-order valence-corrected chi connectivity index (χ4v) is 13.3. The SMILES string of the molecule is CC(C)[Si](OC[C@H]1OC=C[C@@H](O[C@@H]2O[C@H](COCc3ccccc3)[C@@H](OCc3ccccc3)[C@H](OCc3ccccc3)[C@H]2N=[N+]=[N-])[C@H]1O)(C(C)C)C(C)C. The van der Waals surface area contributed by atoms with Gasteiger partial charge in [0, 0.05) is 4.91 Å². The van der Waals surface area contributed by atoms with Crippen molar-refractivity contribution >= 4 is 8.32 Å². The molecule has 0 amide bonds. The summed E-state index contributed by atoms with van der Waals surface area (Å²) in [4.78, 5) is 3.20. The van der Waals surface area contributed by atoms with Gasteiger partial charge in [-0.25, -0.2) is 0 Å². The smallest absolute Gasteiger partial charge is 0.200 e. The number of aliphatic hydroxyl groups excluding tert-OH is 1. The highest BCUT2D eigenvalue weighted by Gasteiger charge is 2.50. The highest BCUT2D eigenvalue weighted by molar-refractivity contribution is 6.77. The number of azide groups is 1. The molecule has 1 saturated heterocycles. The van der Waals surface area contributed by atoms with Gasteiger partial charge in [0.25, 0.3) is 0 Å². The highest BCUT2D eigenvalue weighted by Crippen LogP contribution is 2.42. The van der Waals surface area contributed by atoms with Crippen molar-refractivity contribution in [3.05, 3.63) is 130 Å². The second-order valence-electron chi connectivity index (χ2n) is 15.0. The molecular weight excluding hydrogens is 703 g/mol. The Labute approximate surface area is 321 Å². The van der Waals surface area contributed by atoms with E-state index in [9.17, 15) is 10.6 Å². The van der Waals surface area contributed by atoms with Gasteiger partial charge in [-0.05, 0) is 44.9 Å². The molecule has 3 aromatic carbocycles. The van der Waals surface area contributed by atoms with Crippen molar-refractivity contribution in [2.24, 2.45) is 5.11 Å². The van der Waals surface area contributed by atoms with E-state index in [0.29, 0.717) is 23.2 Å². The molecule has 0 spiro atoms. The monoisotopic (exact) mass is 759 g/mol. The van der Waals surface area contributed by atoms with Crippen LogP contribution >= 0.6 is 0 Å². The molecule has 5 rings (SSSR count). The maximum Gasteiger partial charge on any atom is 0.200 e. The van der Waals surface area contributed by atoms with Gasteiger partial charge in [0.15, 0.2) is 6.29 Å². The van der Waals surface area contributed by atoms with E-state index in [2.05, 4.69) is 51.6 Å². The van der Waals surface area contributed by atoms with Gasteiger partial charge in [0.2, 0.25) is 8.32 Å². The van der Waals surface area contributed by atoms with Crippen LogP contribution in [-0.4, -0.2) is 75.6 Å². The van der Waals surface area contributed by atoms with Crippen LogP contribution in [0.25, 0.3) is 10.4 Å². The van der Waals surface area contributed by atoms with Gasteiger partial charge in [-0.1, -0.05) is 138 Å². The first kappa shape index (κ1) is 41.6. The number of aliphatic hydroxyl groups is 1. The Morgan fingerprint density at radius 3 is 1.76 bits per heavy atom. The fourth-order valence-electron chi connectivity index (χ4n) is 7.89. The highest BCUT2D eigenvalue weighted by atomic mass is 28.4. The van der Waals surface area contributed by atoms with Gasteiger partial charge < -0.3 is 38.0 Å². The van der Waals surface area contributed by atoms with E-state index >= 15 is 0 Å². The molecule has 54 heavy (non-hydrogen) atoms. The Morgan fingerprint density at radius 2 is 1.24 bits per heavy atom. The molecule has 0 radical (unpaired) electrons. The normalized spacial score (nSPS) is 25.8. The van der Waals surface area contributed by atoms with Gasteiger partial charge in [-0.15, -0.1) is 0 Å². The molecule has 1 fully saturated rings. The van der Waals surface area contributed by atoms with E-state index in [1.54, 1.807) is 6.08 Å². The van der Waals surface area contributed by atoms with Crippen LogP contribution in [0.4, 0.5) is 0 Å². The summed E-state index contributed by atoms with van der Waals surface area (Å²) >= 11 is 0. The Bertz CT molecular complexity index is 1590. The third kappa shape index (κ3) is 10.6. The van der Waals surface area contributed by atoms with Crippen LogP contribution in [0.2, 0.25) is 16.6 Å². The standard InChI is InChI=1S/C42H57N3O8Si/c1-29(2)54(30(3)4,31(5)6)51-28-36-39(46)35(22-23-48-36)52-42-38(44-45-43)41(50-26-34-20-14-9-15-21-34)40(49-25-33-18-12-8-13-19-33)37(53-42)27-47-24-32-16-10-7-11-17-32/h7-23,29-31,35-42,46H,24-28H2,1-6H3/t35-,36-,37-,38-,39-,40-,41-,42-/m1/s1. The van der Waals surface area contributed by atoms with Crippen molar-refractivity contribution in [2.75, 3.05) is 13.2 Å². The fraction of sp³-hybridized carbons (Fsp3) is 0.524. The molecule has 0 bridgehead atoms. The Morgan fingerprint density at radius 1 is 0.722 bits per heavy atom. The number of ether oxygens (including phenoxy) is 6. The molecule has 292 valence electrons. The summed E-state index contributed by atoms with van der Waals surface area (Å²) < 4.78 is 45.4. The number of benzene rings is 3. The van der Waals surface area contributed by atoms with Gasteiger partial charge in [-0.3, -0.25) is 0 Å². The van der Waals surface area contributed by atoms with Crippen LogP contribution < -0.4 is 0 Å². The topological polar surface area (TPSA) is 134 Å². The summed E-state index contributed by atoms with van der Waals surface area (Å²) in [6.07, 6.45) is -2.77. The van der Waals surface area contributed by atoms with Gasteiger partial charge in [0.05, 0.1) is 39.3 Å². The Balaban J connectivity index is 1.41. The Hall–Kier alpha value is -3.55. The number of hydrogen-bond donors (Lipinski definition) is 1. The summed E-state index contributed by atoms with van der Waals surface area (Å²) in [7, 11) is -2.24. The molecule has 1 N–H and O–H groups in total. The van der Waals surface area contributed by atoms with Crippen LogP contribution in [0.15, 0.2) is 108 Å². The van der Waals surface area contributed by atoms with Gasteiger partial charge in [0.1, 0.15) is 42.7 Å². The summed E-state index contributed by atoms with van der Waals surface area (Å²) in [5.74, 6) is 0.